The van der Waals surface area contributed by atoms with Gasteiger partial charge in [0.05, 0.1) is 24.5 Å². The number of hydrogen-bond acceptors (Lipinski definition) is 1. The second-order valence-electron chi connectivity index (χ2n) is 3.11. The zero-order valence-corrected chi connectivity index (χ0v) is 7.30. The average molecular weight is 183 g/mol. The Morgan fingerprint density at radius 3 is 2.10 bits per heavy atom. The maximum Gasteiger partial charge on any atom is 0.0963 e. The minimum absolute atomic E-state index is 0. The van der Waals surface area contributed by atoms with Gasteiger partial charge in [0.15, 0.2) is 0 Å². The van der Waals surface area contributed by atoms with Gasteiger partial charge in [-0.15, -0.1) is 11.6 Å². The van der Waals surface area contributed by atoms with Crippen molar-refractivity contribution in [1.29, 1.82) is 0 Å². The van der Waals surface area contributed by atoms with Gasteiger partial charge in [0.1, 0.15) is 0 Å². The molecule has 0 atom stereocenters. The van der Waals surface area contributed by atoms with Crippen LogP contribution < -0.4 is 22.8 Å². The van der Waals surface area contributed by atoms with Crippen LogP contribution in [0.25, 0.3) is 0 Å². The molecule has 0 aliphatic carbocycles. The van der Waals surface area contributed by atoms with Gasteiger partial charge in [-0.2, -0.15) is 5.43 Å². The van der Waals surface area contributed by atoms with Gasteiger partial charge in [0, 0.05) is 12.8 Å². The van der Waals surface area contributed by atoms with Crippen LogP contribution >= 0.6 is 11.6 Å². The number of hydrogen-bond donors (Lipinski definition) is 2. The van der Waals surface area contributed by atoms with E-state index in [1.165, 1.54) is 30.9 Å². The number of rotatable bonds is 0. The van der Waals surface area contributed by atoms with E-state index in [2.05, 4.69) is 5.43 Å². The molecular weight excluding hydrogens is 171 g/mol. The van der Waals surface area contributed by atoms with Crippen LogP contribution in [0.15, 0.2) is 0 Å². The third-order valence-electron chi connectivity index (χ3n) is 2.40. The van der Waals surface area contributed by atoms with Gasteiger partial charge in [-0.1, -0.05) is 0 Å². The van der Waals surface area contributed by atoms with Crippen LogP contribution in [0, 0.1) is 0 Å². The van der Waals surface area contributed by atoms with Crippen LogP contribution in [0.2, 0.25) is 0 Å². The Kier molecular flexibility index (Phi) is 2.46. The van der Waals surface area contributed by atoms with Gasteiger partial charge < -0.3 is 12.4 Å². The third kappa shape index (κ3) is 1.40. The fraction of sp³-hybridized carbons (Fsp3) is 1.00. The van der Waals surface area contributed by atoms with Crippen LogP contribution in [0.5, 0.6) is 0 Å². The Balaban J connectivity index is 0.000000500. The minimum atomic E-state index is 0. The summed E-state index contributed by atoms with van der Waals surface area (Å²) in [7, 11) is 0. The van der Waals surface area contributed by atoms with Crippen molar-refractivity contribution >= 4 is 11.6 Å². The predicted molar refractivity (Wildman–Crippen MR) is 36.5 cm³/mol. The lowest BCUT2D eigenvalue weighted by atomic mass is 9.94. The number of halogens is 2. The van der Waals surface area contributed by atoms with Gasteiger partial charge >= 0.3 is 0 Å². The summed E-state index contributed by atoms with van der Waals surface area (Å²) in [5.74, 6) is 0. The van der Waals surface area contributed by atoms with Crippen molar-refractivity contribution in [3.63, 3.8) is 0 Å². The normalized spacial score (nSPS) is 44.7. The van der Waals surface area contributed by atoms with Gasteiger partial charge in [-0.3, -0.25) is 5.01 Å². The molecule has 3 saturated heterocycles. The van der Waals surface area contributed by atoms with Crippen molar-refractivity contribution in [3.8, 4) is 0 Å². The molecule has 0 unspecified atom stereocenters. The number of alkyl halides is 1. The molecule has 2 N–H and O–H groups in total. The van der Waals surface area contributed by atoms with Gasteiger partial charge in [-0.05, 0) is 0 Å². The fourth-order valence-corrected chi connectivity index (χ4v) is 1.89. The van der Waals surface area contributed by atoms with Gasteiger partial charge in [0.2, 0.25) is 0 Å². The molecule has 3 rings (SSSR count). The summed E-state index contributed by atoms with van der Waals surface area (Å²) >= 11 is 6.22. The van der Waals surface area contributed by atoms with E-state index in [9.17, 15) is 0 Å². The van der Waals surface area contributed by atoms with Crippen molar-refractivity contribution in [1.82, 2.24) is 5.43 Å². The van der Waals surface area contributed by atoms with E-state index in [1.807, 2.05) is 0 Å². The van der Waals surface area contributed by atoms with Crippen LogP contribution in [-0.4, -0.2) is 24.5 Å². The monoisotopic (exact) mass is 182 g/mol. The first-order valence-corrected chi connectivity index (χ1v) is 3.94. The standard InChI is InChI=1S/C6H11ClN2.ClH/c7-6-1-3-9(4-2-6)8-5-6;/h8H,1-5H2;1H. The molecule has 0 saturated carbocycles. The van der Waals surface area contributed by atoms with E-state index in [-0.39, 0.29) is 17.3 Å². The molecule has 0 aromatic rings. The van der Waals surface area contributed by atoms with E-state index >= 15 is 0 Å². The summed E-state index contributed by atoms with van der Waals surface area (Å²) < 4.78 is 0. The highest BCUT2D eigenvalue weighted by Gasteiger charge is 2.40. The van der Waals surface area contributed by atoms with Crippen LogP contribution in [0.3, 0.4) is 0 Å². The molecule has 0 radical (unpaired) electrons. The zero-order valence-electron chi connectivity index (χ0n) is 5.79. The molecule has 2 nitrogen and oxygen atoms in total. The molecule has 0 aromatic heterocycles. The van der Waals surface area contributed by atoms with Crippen molar-refractivity contribution < 1.29 is 17.4 Å². The first-order valence-electron chi connectivity index (χ1n) is 3.56. The van der Waals surface area contributed by atoms with Crippen LogP contribution in [-0.2, 0) is 0 Å². The Morgan fingerprint density at radius 1 is 1.30 bits per heavy atom. The van der Waals surface area contributed by atoms with Crippen molar-refractivity contribution in [2.24, 2.45) is 0 Å². The van der Waals surface area contributed by atoms with E-state index in [0.29, 0.717) is 0 Å². The Morgan fingerprint density at radius 2 is 1.90 bits per heavy atom. The molecule has 4 heteroatoms. The molecule has 3 aliphatic heterocycles. The second-order valence-corrected chi connectivity index (χ2v) is 3.91. The molecule has 0 spiro atoms. The van der Waals surface area contributed by atoms with Gasteiger partial charge in [0.25, 0.3) is 0 Å². The number of fused-ring (bicyclic) bond motifs is 3. The highest BCUT2D eigenvalue weighted by Crippen LogP contribution is 2.25. The predicted octanol–water partition coefficient (Wildman–Crippen LogP) is -3.84. The van der Waals surface area contributed by atoms with Crippen molar-refractivity contribution in [2.75, 3.05) is 19.6 Å². The fourth-order valence-electron chi connectivity index (χ4n) is 1.64. The molecular formula is C6H12Cl2N2. The number of piperidine rings is 1. The molecule has 3 fully saturated rings. The molecule has 3 heterocycles. The van der Waals surface area contributed by atoms with E-state index in [0.717, 1.165) is 6.54 Å². The maximum atomic E-state index is 6.22. The topological polar surface area (TPSA) is 16.5 Å². The molecule has 10 heavy (non-hydrogen) atoms. The number of nitrogens with one attached hydrogen (secondary N) is 2. The quantitative estimate of drug-likeness (QED) is 0.368. The average Bonchev–Trinajstić information content (AvgIpc) is 1.90. The molecule has 0 aromatic carbocycles. The summed E-state index contributed by atoms with van der Waals surface area (Å²) in [6, 6.07) is 0. The van der Waals surface area contributed by atoms with E-state index in [1.54, 1.807) is 0 Å². The third-order valence-corrected chi connectivity index (χ3v) is 2.92. The largest absolute Gasteiger partial charge is 1.00 e. The van der Waals surface area contributed by atoms with E-state index < -0.39 is 0 Å². The summed E-state index contributed by atoms with van der Waals surface area (Å²) in [5.41, 5.74) is 3.34. The highest BCUT2D eigenvalue weighted by atomic mass is 35.5. The van der Waals surface area contributed by atoms with Crippen LogP contribution in [0.1, 0.15) is 12.8 Å². The molecule has 2 bridgehead atoms. The Labute approximate surface area is 72.3 Å². The Hall–Kier alpha value is 0.500. The first kappa shape index (κ1) is 8.60. The Bertz CT molecular complexity index is 107. The summed E-state index contributed by atoms with van der Waals surface area (Å²) in [4.78, 5) is 0.127. The lowest BCUT2D eigenvalue weighted by Gasteiger charge is -2.41. The first-order chi connectivity index (χ1) is 4.29. The second kappa shape index (κ2) is 2.86. The summed E-state index contributed by atoms with van der Waals surface area (Å²) in [5, 5.41) is 1.53. The van der Waals surface area contributed by atoms with Crippen molar-refractivity contribution in [2.45, 2.75) is 17.7 Å². The zero-order chi connectivity index (χ0) is 6.32. The minimum Gasteiger partial charge on any atom is -1.00 e. The molecule has 0 amide bonds. The SMILES string of the molecule is ClC12CC[NH+](CC1)NC2.[Cl-]. The summed E-state index contributed by atoms with van der Waals surface area (Å²) in [6.07, 6.45) is 2.38. The van der Waals surface area contributed by atoms with Crippen molar-refractivity contribution in [3.05, 3.63) is 0 Å². The maximum absolute atomic E-state index is 6.22. The molecule has 3 aliphatic rings. The summed E-state index contributed by atoms with van der Waals surface area (Å²) in [6.45, 7) is 3.43. The smallest absolute Gasteiger partial charge is 0.0963 e. The number of quaternary nitrogens is 1. The molecule has 60 valence electrons. The highest BCUT2D eigenvalue weighted by molar-refractivity contribution is 6.24. The van der Waals surface area contributed by atoms with E-state index in [4.69, 9.17) is 11.6 Å². The van der Waals surface area contributed by atoms with Crippen LogP contribution in [0.4, 0.5) is 0 Å². The lowest BCUT2D eigenvalue weighted by molar-refractivity contribution is -0.959. The van der Waals surface area contributed by atoms with Gasteiger partial charge in [-0.25, -0.2) is 0 Å². The lowest BCUT2D eigenvalue weighted by Crippen LogP contribution is -3.22.